The molecule has 0 spiro atoms. The Morgan fingerprint density at radius 3 is 2.51 bits per heavy atom. The van der Waals surface area contributed by atoms with Crippen molar-refractivity contribution in [2.75, 3.05) is 13.1 Å². The zero-order valence-corrected chi connectivity index (χ0v) is 23.6. The van der Waals surface area contributed by atoms with E-state index < -0.39 is 5.60 Å². The molecule has 0 N–H and O–H groups in total. The maximum atomic E-state index is 13.5. The van der Waals surface area contributed by atoms with Crippen molar-refractivity contribution >= 4 is 22.5 Å². The Morgan fingerprint density at radius 2 is 1.78 bits per heavy atom. The molecule has 1 amide bonds. The number of pyridine rings is 2. The van der Waals surface area contributed by atoms with Crippen molar-refractivity contribution in [2.24, 2.45) is 0 Å². The summed E-state index contributed by atoms with van der Waals surface area (Å²) in [6.07, 6.45) is 6.42. The smallest absolute Gasteiger partial charge is 0.410 e. The van der Waals surface area contributed by atoms with Crippen LogP contribution in [0.3, 0.4) is 0 Å². The van der Waals surface area contributed by atoms with Crippen LogP contribution >= 0.6 is 0 Å². The van der Waals surface area contributed by atoms with Crippen LogP contribution in [0.25, 0.3) is 33.4 Å². The lowest BCUT2D eigenvalue weighted by molar-refractivity contribution is 0.0187. The van der Waals surface area contributed by atoms with Crippen LogP contribution < -0.4 is 11.1 Å². The van der Waals surface area contributed by atoms with Crippen LogP contribution in [0.4, 0.5) is 4.79 Å². The first-order chi connectivity index (χ1) is 19.6. The number of nitrogens with zero attached hydrogens (tertiary/aromatic N) is 6. The molecule has 4 aromatic heterocycles. The van der Waals surface area contributed by atoms with Gasteiger partial charge in [-0.25, -0.2) is 14.3 Å². The minimum atomic E-state index is -0.540. The summed E-state index contributed by atoms with van der Waals surface area (Å²) in [7, 11) is 0. The summed E-state index contributed by atoms with van der Waals surface area (Å²) < 4.78 is 10.5. The second-order valence-electron chi connectivity index (χ2n) is 11.5. The Balaban J connectivity index is 1.31. The molecule has 1 fully saturated rings. The van der Waals surface area contributed by atoms with Gasteiger partial charge in [0.05, 0.1) is 23.3 Å². The molecular formula is C31H32N6O4. The predicted molar refractivity (Wildman–Crippen MR) is 157 cm³/mol. The third-order valence-corrected chi connectivity index (χ3v) is 7.34. The van der Waals surface area contributed by atoms with Crippen LogP contribution in [0, 0.1) is 6.92 Å². The fourth-order valence-electron chi connectivity index (χ4n) is 5.38. The van der Waals surface area contributed by atoms with Gasteiger partial charge in [-0.3, -0.25) is 14.2 Å². The van der Waals surface area contributed by atoms with Gasteiger partial charge in [-0.05, 0) is 76.3 Å². The molecule has 0 radical (unpaired) electrons. The van der Waals surface area contributed by atoms with E-state index in [1.807, 2.05) is 70.4 Å². The quantitative estimate of drug-likeness (QED) is 0.320. The number of hydrogen-bond donors (Lipinski definition) is 0. The molecule has 1 saturated heterocycles. The van der Waals surface area contributed by atoms with Gasteiger partial charge in [-0.2, -0.15) is 5.10 Å². The highest BCUT2D eigenvalue weighted by atomic mass is 16.6. The molecule has 0 saturated carbocycles. The van der Waals surface area contributed by atoms with E-state index >= 15 is 0 Å². The zero-order valence-electron chi connectivity index (χ0n) is 23.6. The number of rotatable bonds is 3. The second-order valence-corrected chi connectivity index (χ2v) is 11.5. The summed E-state index contributed by atoms with van der Waals surface area (Å²) in [4.78, 5) is 44.9. The first-order valence-electron chi connectivity index (χ1n) is 13.8. The lowest BCUT2D eigenvalue weighted by Gasteiger charge is -2.34. The zero-order chi connectivity index (χ0) is 28.9. The molecule has 10 heteroatoms. The lowest BCUT2D eigenvalue weighted by Crippen LogP contribution is -2.43. The summed E-state index contributed by atoms with van der Waals surface area (Å²) in [5, 5.41) is 6.18. The van der Waals surface area contributed by atoms with Crippen LogP contribution in [0.5, 0.6) is 0 Å². The Kier molecular flexibility index (Phi) is 6.48. The first kappa shape index (κ1) is 26.5. The van der Waals surface area contributed by atoms with Gasteiger partial charge in [0, 0.05) is 48.5 Å². The van der Waals surface area contributed by atoms with Gasteiger partial charge < -0.3 is 14.2 Å². The topological polar surface area (TPSA) is 104 Å². The molecule has 0 atom stereocenters. The van der Waals surface area contributed by atoms with Gasteiger partial charge in [0.2, 0.25) is 0 Å². The van der Waals surface area contributed by atoms with Crippen molar-refractivity contribution in [1.82, 2.24) is 28.6 Å². The minimum absolute atomic E-state index is 0.00515. The number of piperidine rings is 1. The maximum Gasteiger partial charge on any atom is 0.410 e. The summed E-state index contributed by atoms with van der Waals surface area (Å²) in [5.41, 5.74) is 2.71. The molecule has 0 unspecified atom stereocenters. The molecule has 0 aliphatic carbocycles. The number of aryl methyl sites for hydroxylation is 1. The van der Waals surface area contributed by atoms with E-state index in [9.17, 15) is 14.4 Å². The molecule has 5 heterocycles. The first-order valence-corrected chi connectivity index (χ1v) is 13.8. The van der Waals surface area contributed by atoms with Gasteiger partial charge in [0.25, 0.3) is 11.1 Å². The fraction of sp³-hybridized carbons (Fsp3) is 0.323. The SMILES string of the molecule is Cc1cn2nc(-c3ccc4c(=O)n(C5CCN(C(=O)OC(C)(C)C)CC5)ccc4c3)cc(-n3ccccc3=O)c2n1. The number of carbonyl (C=O) groups is 1. The highest BCUT2D eigenvalue weighted by molar-refractivity contribution is 5.86. The van der Waals surface area contributed by atoms with Crippen LogP contribution in [0.15, 0.2) is 76.7 Å². The third-order valence-electron chi connectivity index (χ3n) is 7.34. The van der Waals surface area contributed by atoms with Crippen LogP contribution in [-0.4, -0.2) is 53.4 Å². The van der Waals surface area contributed by atoms with E-state index in [4.69, 9.17) is 9.84 Å². The van der Waals surface area contributed by atoms with E-state index in [2.05, 4.69) is 4.98 Å². The highest BCUT2D eigenvalue weighted by Crippen LogP contribution is 2.27. The van der Waals surface area contributed by atoms with Crippen LogP contribution in [0.1, 0.15) is 45.3 Å². The summed E-state index contributed by atoms with van der Waals surface area (Å²) in [6, 6.07) is 14.5. The highest BCUT2D eigenvalue weighted by Gasteiger charge is 2.28. The fourth-order valence-corrected chi connectivity index (χ4v) is 5.38. The van der Waals surface area contributed by atoms with Gasteiger partial charge >= 0.3 is 6.09 Å². The number of ether oxygens (including phenoxy) is 1. The number of aromatic nitrogens is 5. The average Bonchev–Trinajstić information content (AvgIpc) is 3.32. The van der Waals surface area contributed by atoms with Gasteiger partial charge in [-0.15, -0.1) is 0 Å². The number of imidazole rings is 1. The monoisotopic (exact) mass is 552 g/mol. The molecule has 6 rings (SSSR count). The Bertz CT molecular complexity index is 1900. The Morgan fingerprint density at radius 1 is 1.00 bits per heavy atom. The molecule has 5 aromatic rings. The molecule has 10 nitrogen and oxygen atoms in total. The molecule has 41 heavy (non-hydrogen) atoms. The van der Waals surface area contributed by atoms with Crippen molar-refractivity contribution in [1.29, 1.82) is 0 Å². The van der Waals surface area contributed by atoms with E-state index in [1.54, 1.807) is 36.9 Å². The molecule has 210 valence electrons. The number of fused-ring (bicyclic) bond motifs is 2. The van der Waals surface area contributed by atoms with Crippen LogP contribution in [0.2, 0.25) is 0 Å². The van der Waals surface area contributed by atoms with E-state index in [0.29, 0.717) is 48.3 Å². The van der Waals surface area contributed by atoms with Crippen molar-refractivity contribution in [3.05, 3.63) is 93.5 Å². The number of carbonyl (C=O) groups excluding carboxylic acids is 1. The Labute approximate surface area is 236 Å². The van der Waals surface area contributed by atoms with Crippen molar-refractivity contribution < 1.29 is 9.53 Å². The largest absolute Gasteiger partial charge is 0.444 e. The molecule has 1 aliphatic rings. The lowest BCUT2D eigenvalue weighted by atomic mass is 10.0. The summed E-state index contributed by atoms with van der Waals surface area (Å²) >= 11 is 0. The van der Waals surface area contributed by atoms with Crippen LogP contribution in [-0.2, 0) is 4.74 Å². The predicted octanol–water partition coefficient (Wildman–Crippen LogP) is 4.74. The molecule has 1 aromatic carbocycles. The van der Waals surface area contributed by atoms with E-state index in [0.717, 1.165) is 16.6 Å². The van der Waals surface area contributed by atoms with E-state index in [-0.39, 0.29) is 23.3 Å². The van der Waals surface area contributed by atoms with Gasteiger partial charge in [-0.1, -0.05) is 12.1 Å². The minimum Gasteiger partial charge on any atom is -0.444 e. The molecule has 1 aliphatic heterocycles. The average molecular weight is 553 g/mol. The van der Waals surface area contributed by atoms with Gasteiger partial charge in [0.15, 0.2) is 5.65 Å². The Hall–Kier alpha value is -4.73. The molecule has 0 bridgehead atoms. The van der Waals surface area contributed by atoms with Crippen molar-refractivity contribution in [3.63, 3.8) is 0 Å². The maximum absolute atomic E-state index is 13.5. The molecular weight excluding hydrogens is 520 g/mol. The van der Waals surface area contributed by atoms with Crippen molar-refractivity contribution in [3.8, 4) is 16.9 Å². The normalized spacial score (nSPS) is 14.6. The van der Waals surface area contributed by atoms with E-state index in [1.165, 1.54) is 6.07 Å². The summed E-state index contributed by atoms with van der Waals surface area (Å²) in [5.74, 6) is 0. The summed E-state index contributed by atoms with van der Waals surface area (Å²) in [6.45, 7) is 8.53. The number of benzene rings is 1. The number of likely N-dealkylation sites (tertiary alicyclic amines) is 1. The number of amides is 1. The standard InChI is InChI=1S/C31H32N6O4/c1-20-19-37-28(32-20)26(36-13-6-5-7-27(36)38)18-25(33-37)22-8-9-24-21(17-22)10-16-35(29(24)39)23-11-14-34(15-12-23)30(40)41-31(2,3)4/h5-10,13,16-19,23H,11-12,14-15H2,1-4H3. The van der Waals surface area contributed by atoms with Gasteiger partial charge in [0.1, 0.15) is 5.60 Å². The van der Waals surface area contributed by atoms with Crippen molar-refractivity contribution in [2.45, 2.75) is 52.2 Å². The number of hydrogen-bond acceptors (Lipinski definition) is 6. The third kappa shape index (κ3) is 5.13. The second kappa shape index (κ2) is 10.0.